The van der Waals surface area contributed by atoms with E-state index >= 15 is 0 Å². The fraction of sp³-hybridized carbons (Fsp3) is 0.200. The van der Waals surface area contributed by atoms with Crippen molar-refractivity contribution in [2.24, 2.45) is 5.73 Å². The number of hydrogen-bond donors (Lipinski definition) is 4. The monoisotopic (exact) mass is 260 g/mol. The molecule has 5 N–H and O–H groups in total. The SMILES string of the molecule is CNC(=O)Nc1ccc(C(=N)N)c(C(F)(F)F)c1. The summed E-state index contributed by atoms with van der Waals surface area (Å²) >= 11 is 0. The molecule has 0 aliphatic carbocycles. The normalized spacial score (nSPS) is 10.9. The largest absolute Gasteiger partial charge is 0.417 e. The van der Waals surface area contributed by atoms with E-state index in [1.165, 1.54) is 13.1 Å². The molecule has 1 aromatic carbocycles. The van der Waals surface area contributed by atoms with Crippen molar-refractivity contribution in [2.45, 2.75) is 6.18 Å². The van der Waals surface area contributed by atoms with Crippen molar-refractivity contribution in [1.29, 1.82) is 5.41 Å². The Morgan fingerprint density at radius 1 is 1.39 bits per heavy atom. The highest BCUT2D eigenvalue weighted by Crippen LogP contribution is 2.33. The van der Waals surface area contributed by atoms with E-state index in [1.54, 1.807) is 0 Å². The second kappa shape index (κ2) is 4.94. The minimum absolute atomic E-state index is 0.0355. The van der Waals surface area contributed by atoms with Crippen LogP contribution >= 0.6 is 0 Å². The predicted molar refractivity (Wildman–Crippen MR) is 60.5 cm³/mol. The van der Waals surface area contributed by atoms with Gasteiger partial charge in [0.05, 0.1) is 5.56 Å². The summed E-state index contributed by atoms with van der Waals surface area (Å²) in [5.74, 6) is -0.686. The van der Waals surface area contributed by atoms with Gasteiger partial charge in [-0.25, -0.2) is 4.79 Å². The van der Waals surface area contributed by atoms with Crippen LogP contribution in [0.5, 0.6) is 0 Å². The third-order valence-corrected chi connectivity index (χ3v) is 2.10. The van der Waals surface area contributed by atoms with E-state index in [0.29, 0.717) is 0 Å². The number of amides is 2. The van der Waals surface area contributed by atoms with E-state index in [9.17, 15) is 18.0 Å². The number of anilines is 1. The zero-order valence-electron chi connectivity index (χ0n) is 9.35. The minimum atomic E-state index is -4.65. The van der Waals surface area contributed by atoms with Crippen LogP contribution in [0.15, 0.2) is 18.2 Å². The average Bonchev–Trinajstić information content (AvgIpc) is 2.27. The maximum atomic E-state index is 12.7. The molecule has 0 saturated heterocycles. The topological polar surface area (TPSA) is 91.0 Å². The third kappa shape index (κ3) is 3.12. The Balaban J connectivity index is 3.22. The van der Waals surface area contributed by atoms with E-state index in [1.807, 2.05) is 0 Å². The highest BCUT2D eigenvalue weighted by Gasteiger charge is 2.34. The lowest BCUT2D eigenvalue weighted by Crippen LogP contribution is -2.25. The molecule has 18 heavy (non-hydrogen) atoms. The van der Waals surface area contributed by atoms with E-state index < -0.39 is 29.2 Å². The Hall–Kier alpha value is -2.25. The Bertz CT molecular complexity index is 485. The number of hydrogen-bond acceptors (Lipinski definition) is 2. The van der Waals surface area contributed by atoms with Crippen molar-refractivity contribution in [2.75, 3.05) is 12.4 Å². The molecule has 1 aromatic rings. The van der Waals surface area contributed by atoms with Crippen molar-refractivity contribution >= 4 is 17.6 Å². The van der Waals surface area contributed by atoms with Crippen LogP contribution in [0.1, 0.15) is 11.1 Å². The Kier molecular flexibility index (Phi) is 3.79. The first kappa shape index (κ1) is 13.8. The van der Waals surface area contributed by atoms with E-state index in [0.717, 1.165) is 12.1 Å². The number of carbonyl (C=O) groups excluding carboxylic acids is 1. The number of rotatable bonds is 2. The smallest absolute Gasteiger partial charge is 0.384 e. The van der Waals surface area contributed by atoms with Crippen LogP contribution in [0.2, 0.25) is 0 Å². The molecule has 0 atom stereocenters. The van der Waals surface area contributed by atoms with Gasteiger partial charge in [0.1, 0.15) is 5.84 Å². The van der Waals surface area contributed by atoms with E-state index in [-0.39, 0.29) is 5.69 Å². The van der Waals surface area contributed by atoms with Crippen LogP contribution in [-0.4, -0.2) is 18.9 Å². The van der Waals surface area contributed by atoms with Crippen molar-refractivity contribution in [3.63, 3.8) is 0 Å². The number of halogens is 3. The molecule has 98 valence electrons. The van der Waals surface area contributed by atoms with Gasteiger partial charge in [0.25, 0.3) is 0 Å². The number of alkyl halides is 3. The summed E-state index contributed by atoms with van der Waals surface area (Å²) in [6, 6.07) is 2.36. The Labute approximate surface area is 101 Å². The van der Waals surface area contributed by atoms with Gasteiger partial charge in [-0.15, -0.1) is 0 Å². The molecule has 0 fully saturated rings. The summed E-state index contributed by atoms with van der Waals surface area (Å²) in [5, 5.41) is 11.5. The summed E-state index contributed by atoms with van der Waals surface area (Å²) in [4.78, 5) is 11.0. The van der Waals surface area contributed by atoms with Crippen molar-refractivity contribution in [3.05, 3.63) is 29.3 Å². The van der Waals surface area contributed by atoms with Crippen molar-refractivity contribution in [1.82, 2.24) is 5.32 Å². The summed E-state index contributed by atoms with van der Waals surface area (Å²) in [5.41, 5.74) is 3.55. The van der Waals surface area contributed by atoms with Gasteiger partial charge in [0.2, 0.25) is 0 Å². The molecule has 1 rings (SSSR count). The maximum Gasteiger partial charge on any atom is 0.417 e. The van der Waals surface area contributed by atoms with Gasteiger partial charge in [-0.3, -0.25) is 5.41 Å². The highest BCUT2D eigenvalue weighted by molar-refractivity contribution is 5.97. The molecule has 8 heteroatoms. The van der Waals surface area contributed by atoms with Gasteiger partial charge < -0.3 is 16.4 Å². The number of nitrogens with one attached hydrogen (secondary N) is 3. The lowest BCUT2D eigenvalue weighted by Gasteiger charge is -2.14. The molecule has 5 nitrogen and oxygen atoms in total. The summed E-state index contributed by atoms with van der Waals surface area (Å²) < 4.78 is 38.2. The molecule has 0 heterocycles. The Morgan fingerprint density at radius 2 is 2.00 bits per heavy atom. The second-order valence-electron chi connectivity index (χ2n) is 3.38. The van der Waals surface area contributed by atoms with Crippen LogP contribution in [0.25, 0.3) is 0 Å². The molecule has 0 radical (unpaired) electrons. The lowest BCUT2D eigenvalue weighted by molar-refractivity contribution is -0.137. The fourth-order valence-electron chi connectivity index (χ4n) is 1.28. The third-order valence-electron chi connectivity index (χ3n) is 2.10. The van der Waals surface area contributed by atoms with Crippen LogP contribution in [0.3, 0.4) is 0 Å². The molecule has 0 aliphatic rings. The highest BCUT2D eigenvalue weighted by atomic mass is 19.4. The number of carbonyl (C=O) groups is 1. The predicted octanol–water partition coefficient (Wildman–Crippen LogP) is 1.74. The van der Waals surface area contributed by atoms with Gasteiger partial charge in [-0.2, -0.15) is 13.2 Å². The van der Waals surface area contributed by atoms with E-state index in [2.05, 4.69) is 10.6 Å². The average molecular weight is 260 g/mol. The van der Waals surface area contributed by atoms with Crippen LogP contribution < -0.4 is 16.4 Å². The molecule has 0 aliphatic heterocycles. The zero-order chi connectivity index (χ0) is 13.9. The molecular formula is C10H11F3N4O. The quantitative estimate of drug-likeness (QED) is 0.482. The van der Waals surface area contributed by atoms with E-state index in [4.69, 9.17) is 11.1 Å². The molecule has 0 spiro atoms. The van der Waals surface area contributed by atoms with Crippen molar-refractivity contribution in [3.8, 4) is 0 Å². The van der Waals surface area contributed by atoms with Gasteiger partial charge in [-0.1, -0.05) is 0 Å². The van der Waals surface area contributed by atoms with Gasteiger partial charge in [0, 0.05) is 18.3 Å². The summed E-state index contributed by atoms with van der Waals surface area (Å²) in [6.45, 7) is 0. The van der Waals surface area contributed by atoms with Gasteiger partial charge in [0.15, 0.2) is 0 Å². The first-order valence-electron chi connectivity index (χ1n) is 4.80. The second-order valence-corrected chi connectivity index (χ2v) is 3.38. The van der Waals surface area contributed by atoms with Crippen molar-refractivity contribution < 1.29 is 18.0 Å². The number of urea groups is 1. The molecular weight excluding hydrogens is 249 g/mol. The number of nitrogens with two attached hydrogens (primary N) is 1. The molecule has 0 unspecified atom stereocenters. The van der Waals surface area contributed by atoms with Crippen LogP contribution in [0.4, 0.5) is 23.7 Å². The summed E-state index contributed by atoms with van der Waals surface area (Å²) in [6.07, 6.45) is -4.65. The molecule has 0 bridgehead atoms. The van der Waals surface area contributed by atoms with Crippen LogP contribution in [-0.2, 0) is 6.18 Å². The first-order valence-corrected chi connectivity index (χ1v) is 4.80. The fourth-order valence-corrected chi connectivity index (χ4v) is 1.28. The lowest BCUT2D eigenvalue weighted by atomic mass is 10.1. The maximum absolute atomic E-state index is 12.7. The number of amidine groups is 1. The minimum Gasteiger partial charge on any atom is -0.384 e. The van der Waals surface area contributed by atoms with Gasteiger partial charge >= 0.3 is 12.2 Å². The zero-order valence-corrected chi connectivity index (χ0v) is 9.35. The van der Waals surface area contributed by atoms with Crippen LogP contribution in [0, 0.1) is 5.41 Å². The molecule has 0 aromatic heterocycles. The summed E-state index contributed by atoms with van der Waals surface area (Å²) in [7, 11) is 1.34. The Morgan fingerprint density at radius 3 is 2.44 bits per heavy atom. The molecule has 0 saturated carbocycles. The number of benzene rings is 1. The first-order chi connectivity index (χ1) is 8.25. The number of nitrogen functional groups attached to an aromatic ring is 1. The standard InChI is InChI=1S/C10H11F3N4O/c1-16-9(18)17-5-2-3-6(8(14)15)7(4-5)10(11,12)13/h2-4H,1H3,(H3,14,15)(H2,16,17,18). The molecule has 2 amide bonds. The van der Waals surface area contributed by atoms with Gasteiger partial charge in [-0.05, 0) is 18.2 Å².